The number of methoxy groups -OCH3 is 1. The largest absolute Gasteiger partial charge is 0.496 e. The van der Waals surface area contributed by atoms with E-state index >= 15 is 0 Å². The zero-order valence-corrected chi connectivity index (χ0v) is 13.6. The van der Waals surface area contributed by atoms with Crippen molar-refractivity contribution in [1.82, 2.24) is 9.80 Å². The Hall–Kier alpha value is -1.10. The van der Waals surface area contributed by atoms with Crippen molar-refractivity contribution in [2.75, 3.05) is 40.8 Å². The van der Waals surface area contributed by atoms with Gasteiger partial charge in [0.1, 0.15) is 5.75 Å². The molecule has 1 fully saturated rings. The molecular formula is C17H29N3O. The van der Waals surface area contributed by atoms with E-state index in [-0.39, 0.29) is 0 Å². The van der Waals surface area contributed by atoms with Gasteiger partial charge in [0.05, 0.1) is 7.11 Å². The molecule has 0 amide bonds. The molecule has 2 N–H and O–H groups in total. The zero-order valence-electron chi connectivity index (χ0n) is 13.6. The van der Waals surface area contributed by atoms with Gasteiger partial charge in [-0.3, -0.25) is 4.90 Å². The lowest BCUT2D eigenvalue weighted by molar-refractivity contribution is 0.157. The van der Waals surface area contributed by atoms with Gasteiger partial charge in [-0.2, -0.15) is 0 Å². The van der Waals surface area contributed by atoms with Crippen LogP contribution in [0.4, 0.5) is 0 Å². The van der Waals surface area contributed by atoms with Crippen molar-refractivity contribution in [3.8, 4) is 5.75 Å². The van der Waals surface area contributed by atoms with Crippen LogP contribution < -0.4 is 10.5 Å². The fourth-order valence-electron chi connectivity index (χ4n) is 3.16. The topological polar surface area (TPSA) is 41.7 Å². The van der Waals surface area contributed by atoms with Gasteiger partial charge in [0.15, 0.2) is 0 Å². The third kappa shape index (κ3) is 4.70. The molecular weight excluding hydrogens is 262 g/mol. The van der Waals surface area contributed by atoms with Crippen molar-refractivity contribution in [2.24, 2.45) is 11.7 Å². The first-order chi connectivity index (χ1) is 10.1. The Morgan fingerprint density at radius 1 is 1.29 bits per heavy atom. The van der Waals surface area contributed by atoms with Crippen molar-refractivity contribution in [3.63, 3.8) is 0 Å². The maximum absolute atomic E-state index is 5.72. The van der Waals surface area contributed by atoms with Gasteiger partial charge in [0.25, 0.3) is 0 Å². The van der Waals surface area contributed by atoms with Crippen LogP contribution in [0.15, 0.2) is 18.2 Å². The number of benzene rings is 1. The number of hydrogen-bond donors (Lipinski definition) is 1. The number of nitrogens with two attached hydrogens (primary N) is 1. The Morgan fingerprint density at radius 2 is 2.00 bits per heavy atom. The lowest BCUT2D eigenvalue weighted by atomic mass is 9.96. The average Bonchev–Trinajstić information content (AvgIpc) is 2.48. The molecule has 4 nitrogen and oxygen atoms in total. The molecule has 0 radical (unpaired) electrons. The number of piperidine rings is 1. The summed E-state index contributed by atoms with van der Waals surface area (Å²) in [6.45, 7) is 5.14. The van der Waals surface area contributed by atoms with E-state index in [0.717, 1.165) is 23.8 Å². The fraction of sp³-hybridized carbons (Fsp3) is 0.647. The van der Waals surface area contributed by atoms with Crippen LogP contribution in [0.25, 0.3) is 0 Å². The standard InChI is InChI=1S/C17H29N3O/c1-19(2)12-14-6-8-20(9-7-14)13-15-4-5-16(11-18)17(10-15)21-3/h4-5,10,14H,6-9,11-13,18H2,1-3H3. The van der Waals surface area contributed by atoms with Gasteiger partial charge in [0.2, 0.25) is 0 Å². The second-order valence-electron chi connectivity index (χ2n) is 6.33. The Kier molecular flexibility index (Phi) is 6.03. The molecule has 2 rings (SSSR count). The summed E-state index contributed by atoms with van der Waals surface area (Å²) in [5.41, 5.74) is 8.11. The minimum atomic E-state index is 0.527. The van der Waals surface area contributed by atoms with Gasteiger partial charge in [-0.15, -0.1) is 0 Å². The van der Waals surface area contributed by atoms with Crippen LogP contribution in [0.3, 0.4) is 0 Å². The maximum Gasteiger partial charge on any atom is 0.123 e. The molecule has 1 aliphatic heterocycles. The van der Waals surface area contributed by atoms with E-state index in [1.165, 1.54) is 38.0 Å². The highest BCUT2D eigenvalue weighted by molar-refractivity contribution is 5.37. The Labute approximate surface area is 128 Å². The summed E-state index contributed by atoms with van der Waals surface area (Å²) in [4.78, 5) is 4.85. The zero-order chi connectivity index (χ0) is 15.2. The van der Waals surface area contributed by atoms with Crippen molar-refractivity contribution >= 4 is 0 Å². The van der Waals surface area contributed by atoms with E-state index in [4.69, 9.17) is 10.5 Å². The summed E-state index contributed by atoms with van der Waals surface area (Å²) in [5.74, 6) is 1.77. The van der Waals surface area contributed by atoms with Crippen LogP contribution in [-0.2, 0) is 13.1 Å². The molecule has 0 unspecified atom stereocenters. The molecule has 0 spiro atoms. The fourth-order valence-corrected chi connectivity index (χ4v) is 3.16. The highest BCUT2D eigenvalue weighted by Gasteiger charge is 2.19. The van der Waals surface area contributed by atoms with E-state index in [1.807, 2.05) is 0 Å². The van der Waals surface area contributed by atoms with E-state index in [2.05, 4.69) is 42.1 Å². The number of rotatable bonds is 6. The first kappa shape index (κ1) is 16.3. The highest BCUT2D eigenvalue weighted by Crippen LogP contribution is 2.23. The minimum absolute atomic E-state index is 0.527. The molecule has 1 heterocycles. The van der Waals surface area contributed by atoms with Crippen LogP contribution in [-0.4, -0.2) is 50.6 Å². The van der Waals surface area contributed by atoms with Crippen molar-refractivity contribution < 1.29 is 4.74 Å². The van der Waals surface area contributed by atoms with Crippen LogP contribution in [0, 0.1) is 5.92 Å². The molecule has 0 saturated carbocycles. The SMILES string of the molecule is COc1cc(CN2CCC(CN(C)C)CC2)ccc1CN. The van der Waals surface area contributed by atoms with Crippen molar-refractivity contribution in [3.05, 3.63) is 29.3 Å². The smallest absolute Gasteiger partial charge is 0.123 e. The lowest BCUT2D eigenvalue weighted by Gasteiger charge is -2.33. The van der Waals surface area contributed by atoms with E-state index < -0.39 is 0 Å². The predicted octanol–water partition coefficient (Wildman–Crippen LogP) is 1.93. The van der Waals surface area contributed by atoms with Crippen LogP contribution >= 0.6 is 0 Å². The second-order valence-corrected chi connectivity index (χ2v) is 6.33. The minimum Gasteiger partial charge on any atom is -0.496 e. The predicted molar refractivity (Wildman–Crippen MR) is 87.4 cm³/mol. The summed E-state index contributed by atoms with van der Waals surface area (Å²) in [6.07, 6.45) is 2.60. The molecule has 4 heteroatoms. The Bertz CT molecular complexity index is 440. The van der Waals surface area contributed by atoms with Crippen LogP contribution in [0.2, 0.25) is 0 Å². The molecule has 1 aromatic rings. The van der Waals surface area contributed by atoms with E-state index in [0.29, 0.717) is 6.54 Å². The van der Waals surface area contributed by atoms with Crippen LogP contribution in [0.1, 0.15) is 24.0 Å². The normalized spacial score (nSPS) is 17.4. The van der Waals surface area contributed by atoms with Gasteiger partial charge in [-0.05, 0) is 57.6 Å². The van der Waals surface area contributed by atoms with Crippen molar-refractivity contribution in [1.29, 1.82) is 0 Å². The maximum atomic E-state index is 5.72. The third-order valence-corrected chi connectivity index (χ3v) is 4.31. The summed E-state index contributed by atoms with van der Waals surface area (Å²) >= 11 is 0. The van der Waals surface area contributed by atoms with E-state index in [9.17, 15) is 0 Å². The van der Waals surface area contributed by atoms with Gasteiger partial charge < -0.3 is 15.4 Å². The highest BCUT2D eigenvalue weighted by atomic mass is 16.5. The first-order valence-electron chi connectivity index (χ1n) is 7.85. The lowest BCUT2D eigenvalue weighted by Crippen LogP contribution is -2.36. The monoisotopic (exact) mass is 291 g/mol. The molecule has 0 aromatic heterocycles. The Balaban J connectivity index is 1.88. The number of likely N-dealkylation sites (tertiary alicyclic amines) is 1. The summed E-state index contributed by atoms with van der Waals surface area (Å²) in [6, 6.07) is 6.40. The van der Waals surface area contributed by atoms with Crippen LogP contribution in [0.5, 0.6) is 5.75 Å². The number of hydrogen-bond acceptors (Lipinski definition) is 4. The molecule has 1 aliphatic rings. The van der Waals surface area contributed by atoms with Gasteiger partial charge in [-0.1, -0.05) is 12.1 Å². The average molecular weight is 291 g/mol. The van der Waals surface area contributed by atoms with Gasteiger partial charge >= 0.3 is 0 Å². The molecule has 0 aliphatic carbocycles. The molecule has 118 valence electrons. The van der Waals surface area contributed by atoms with Gasteiger partial charge in [0, 0.05) is 25.2 Å². The summed E-state index contributed by atoms with van der Waals surface area (Å²) in [5, 5.41) is 0. The molecule has 1 saturated heterocycles. The molecule has 1 aromatic carbocycles. The second kappa shape index (κ2) is 7.78. The third-order valence-electron chi connectivity index (χ3n) is 4.31. The first-order valence-corrected chi connectivity index (χ1v) is 7.85. The van der Waals surface area contributed by atoms with Gasteiger partial charge in [-0.25, -0.2) is 0 Å². The van der Waals surface area contributed by atoms with E-state index in [1.54, 1.807) is 7.11 Å². The molecule has 0 bridgehead atoms. The number of ether oxygens (including phenoxy) is 1. The molecule has 21 heavy (non-hydrogen) atoms. The van der Waals surface area contributed by atoms with Crippen molar-refractivity contribution in [2.45, 2.75) is 25.9 Å². The Morgan fingerprint density at radius 3 is 2.57 bits per heavy atom. The quantitative estimate of drug-likeness (QED) is 0.869. The summed E-state index contributed by atoms with van der Waals surface area (Å²) in [7, 11) is 6.04. The number of nitrogens with zero attached hydrogens (tertiary/aromatic N) is 2. The summed E-state index contributed by atoms with van der Waals surface area (Å²) < 4.78 is 5.42. The molecule has 0 atom stereocenters.